The first-order valence-electron chi connectivity index (χ1n) is 5.16. The van der Waals surface area contributed by atoms with Crippen molar-refractivity contribution < 1.29 is 4.92 Å². The molecule has 0 atom stereocenters. The Kier molecular flexibility index (Phi) is 2.60. The molecule has 0 aromatic heterocycles. The molecule has 1 aromatic carbocycles. The van der Waals surface area contributed by atoms with Gasteiger partial charge in [-0.3, -0.25) is 15.1 Å². The fourth-order valence-electron chi connectivity index (χ4n) is 1.47. The van der Waals surface area contributed by atoms with Crippen LogP contribution in [0.25, 0.3) is 0 Å². The van der Waals surface area contributed by atoms with Crippen LogP contribution in [0.1, 0.15) is 24.0 Å². The number of non-ortho nitro benzene ring substituents is 1. The summed E-state index contributed by atoms with van der Waals surface area (Å²) < 4.78 is 0. The summed E-state index contributed by atoms with van der Waals surface area (Å²) in [4.78, 5) is 14.5. The summed E-state index contributed by atoms with van der Waals surface area (Å²) in [5, 5.41) is 10.6. The molecule has 0 heterocycles. The fraction of sp³-hybridized carbons (Fsp3) is 0.364. The van der Waals surface area contributed by atoms with Crippen molar-refractivity contribution in [2.75, 3.05) is 0 Å². The van der Waals surface area contributed by atoms with Crippen molar-refractivity contribution in [3.8, 4) is 0 Å². The van der Waals surface area contributed by atoms with Crippen LogP contribution >= 0.6 is 0 Å². The van der Waals surface area contributed by atoms with Gasteiger partial charge in [-0.1, -0.05) is 6.07 Å². The number of hydrogen-bond donors (Lipinski definition) is 1. The lowest BCUT2D eigenvalue weighted by atomic mass is 10.1. The smallest absolute Gasteiger partial charge is 0.270 e. The molecule has 0 radical (unpaired) electrons. The average molecular weight is 219 g/mol. The Labute approximate surface area is 93.1 Å². The zero-order valence-corrected chi connectivity index (χ0v) is 9.01. The van der Waals surface area contributed by atoms with Gasteiger partial charge in [0.05, 0.1) is 11.0 Å². The van der Waals surface area contributed by atoms with E-state index in [9.17, 15) is 10.1 Å². The van der Waals surface area contributed by atoms with Crippen LogP contribution in [0.15, 0.2) is 23.2 Å². The van der Waals surface area contributed by atoms with E-state index in [-0.39, 0.29) is 5.69 Å². The molecule has 1 aliphatic rings. The number of nitrogens with zero attached hydrogens (tertiary/aromatic N) is 2. The molecule has 5 nitrogen and oxygen atoms in total. The molecule has 1 saturated carbocycles. The minimum atomic E-state index is -0.423. The second-order valence-corrected chi connectivity index (χ2v) is 4.00. The summed E-state index contributed by atoms with van der Waals surface area (Å²) in [6, 6.07) is 4.97. The first-order valence-corrected chi connectivity index (χ1v) is 5.16. The van der Waals surface area contributed by atoms with Crippen LogP contribution in [-0.2, 0) is 0 Å². The molecule has 16 heavy (non-hydrogen) atoms. The highest BCUT2D eigenvalue weighted by Gasteiger charge is 2.21. The Morgan fingerprint density at radius 1 is 1.56 bits per heavy atom. The Morgan fingerprint density at radius 3 is 2.81 bits per heavy atom. The van der Waals surface area contributed by atoms with Gasteiger partial charge in [0.1, 0.15) is 5.84 Å². The van der Waals surface area contributed by atoms with Crippen LogP contribution in [0, 0.1) is 17.0 Å². The summed E-state index contributed by atoms with van der Waals surface area (Å²) in [5.74, 6) is 0.406. The Morgan fingerprint density at radius 2 is 2.25 bits per heavy atom. The number of aryl methyl sites for hydroxylation is 1. The van der Waals surface area contributed by atoms with E-state index in [1.54, 1.807) is 6.07 Å². The lowest BCUT2D eigenvalue weighted by molar-refractivity contribution is -0.384. The van der Waals surface area contributed by atoms with Crippen LogP contribution in [0.2, 0.25) is 0 Å². The molecule has 0 unspecified atom stereocenters. The number of aliphatic imine (C=N–C) groups is 1. The topological polar surface area (TPSA) is 81.5 Å². The van der Waals surface area contributed by atoms with Crippen molar-refractivity contribution in [1.82, 2.24) is 0 Å². The highest BCUT2D eigenvalue weighted by Crippen LogP contribution is 2.25. The lowest BCUT2D eigenvalue weighted by Gasteiger charge is -2.04. The molecule has 2 N–H and O–H groups in total. The highest BCUT2D eigenvalue weighted by atomic mass is 16.6. The van der Waals surface area contributed by atoms with Gasteiger partial charge >= 0.3 is 0 Å². The fourth-order valence-corrected chi connectivity index (χ4v) is 1.47. The van der Waals surface area contributed by atoms with Gasteiger partial charge in [0.15, 0.2) is 0 Å². The maximum atomic E-state index is 10.6. The SMILES string of the molecule is Cc1ccc([N+](=O)[O-])cc1C(N)=NC1CC1. The number of nitro groups is 1. The van der Waals surface area contributed by atoms with Gasteiger partial charge in [-0.2, -0.15) is 0 Å². The molecule has 5 heteroatoms. The molecule has 0 aliphatic heterocycles. The van der Waals surface area contributed by atoms with E-state index in [2.05, 4.69) is 4.99 Å². The largest absolute Gasteiger partial charge is 0.383 e. The van der Waals surface area contributed by atoms with Gasteiger partial charge in [0.25, 0.3) is 5.69 Å². The summed E-state index contributed by atoms with van der Waals surface area (Å²) >= 11 is 0. The number of nitro benzene ring substituents is 1. The van der Waals surface area contributed by atoms with E-state index in [0.29, 0.717) is 17.4 Å². The van der Waals surface area contributed by atoms with E-state index in [4.69, 9.17) is 5.73 Å². The Bertz CT molecular complexity index is 464. The highest BCUT2D eigenvalue weighted by molar-refractivity contribution is 5.99. The van der Waals surface area contributed by atoms with Crippen molar-refractivity contribution in [1.29, 1.82) is 0 Å². The summed E-state index contributed by atoms with van der Waals surface area (Å²) in [5.41, 5.74) is 7.46. The molecular formula is C11H13N3O2. The molecule has 2 rings (SSSR count). The van der Waals surface area contributed by atoms with E-state index in [1.165, 1.54) is 12.1 Å². The van der Waals surface area contributed by atoms with E-state index >= 15 is 0 Å². The van der Waals surface area contributed by atoms with Gasteiger partial charge in [0, 0.05) is 17.7 Å². The molecular weight excluding hydrogens is 206 g/mol. The predicted molar refractivity (Wildman–Crippen MR) is 61.6 cm³/mol. The molecule has 84 valence electrons. The number of rotatable bonds is 3. The maximum absolute atomic E-state index is 10.6. The van der Waals surface area contributed by atoms with E-state index < -0.39 is 4.92 Å². The van der Waals surface area contributed by atoms with Crippen molar-refractivity contribution >= 4 is 11.5 Å². The third kappa shape index (κ3) is 2.18. The number of nitrogens with two attached hydrogens (primary N) is 1. The van der Waals surface area contributed by atoms with Gasteiger partial charge in [-0.25, -0.2) is 0 Å². The zero-order valence-electron chi connectivity index (χ0n) is 9.01. The second-order valence-electron chi connectivity index (χ2n) is 4.00. The van der Waals surface area contributed by atoms with Gasteiger partial charge in [-0.05, 0) is 25.3 Å². The van der Waals surface area contributed by atoms with Crippen LogP contribution < -0.4 is 5.73 Å². The van der Waals surface area contributed by atoms with Gasteiger partial charge < -0.3 is 5.73 Å². The van der Waals surface area contributed by atoms with Crippen molar-refractivity contribution in [3.05, 3.63) is 39.4 Å². The van der Waals surface area contributed by atoms with Crippen LogP contribution in [0.3, 0.4) is 0 Å². The van der Waals surface area contributed by atoms with Crippen LogP contribution in [-0.4, -0.2) is 16.8 Å². The minimum Gasteiger partial charge on any atom is -0.383 e. The summed E-state index contributed by atoms with van der Waals surface area (Å²) in [6.45, 7) is 1.87. The molecule has 1 aromatic rings. The monoisotopic (exact) mass is 219 g/mol. The summed E-state index contributed by atoms with van der Waals surface area (Å²) in [6.07, 6.45) is 2.13. The van der Waals surface area contributed by atoms with E-state index in [0.717, 1.165) is 18.4 Å². The first-order chi connectivity index (χ1) is 7.58. The molecule has 0 saturated heterocycles. The first kappa shape index (κ1) is 10.6. The molecule has 1 aliphatic carbocycles. The zero-order chi connectivity index (χ0) is 11.7. The number of hydrogen-bond acceptors (Lipinski definition) is 3. The van der Waals surface area contributed by atoms with Gasteiger partial charge in [0.2, 0.25) is 0 Å². The van der Waals surface area contributed by atoms with Crippen LogP contribution in [0.4, 0.5) is 5.69 Å². The second kappa shape index (κ2) is 3.92. The van der Waals surface area contributed by atoms with Crippen molar-refractivity contribution in [2.24, 2.45) is 10.7 Å². The molecule has 1 fully saturated rings. The maximum Gasteiger partial charge on any atom is 0.270 e. The normalized spacial score (nSPS) is 16.2. The van der Waals surface area contributed by atoms with Crippen molar-refractivity contribution in [2.45, 2.75) is 25.8 Å². The number of benzene rings is 1. The minimum absolute atomic E-state index is 0.0505. The third-order valence-corrected chi connectivity index (χ3v) is 2.58. The Hall–Kier alpha value is -1.91. The predicted octanol–water partition coefficient (Wildman–Crippen LogP) is 1.77. The van der Waals surface area contributed by atoms with Gasteiger partial charge in [-0.15, -0.1) is 0 Å². The lowest BCUT2D eigenvalue weighted by Crippen LogP contribution is -2.16. The third-order valence-electron chi connectivity index (χ3n) is 2.58. The van der Waals surface area contributed by atoms with E-state index in [1.807, 2.05) is 6.92 Å². The van der Waals surface area contributed by atoms with Crippen molar-refractivity contribution in [3.63, 3.8) is 0 Å². The number of amidine groups is 1. The Balaban J connectivity index is 2.37. The molecule has 0 spiro atoms. The summed E-state index contributed by atoms with van der Waals surface area (Å²) in [7, 11) is 0. The quantitative estimate of drug-likeness (QED) is 0.364. The standard InChI is InChI=1S/C11H13N3O2/c1-7-2-5-9(14(15)16)6-10(7)11(12)13-8-3-4-8/h2,5-6,8H,3-4H2,1H3,(H2,12,13). The molecule has 0 bridgehead atoms. The molecule has 0 amide bonds. The average Bonchev–Trinajstić information content (AvgIpc) is 3.01. The van der Waals surface area contributed by atoms with Crippen LogP contribution in [0.5, 0.6) is 0 Å².